The monoisotopic (exact) mass is 948 g/mol. The fourth-order valence-electron chi connectivity index (χ4n) is 10.3. The maximum atomic E-state index is 13.5. The maximum Gasteiger partial charge on any atom is 0.325 e. The van der Waals surface area contributed by atoms with Crippen LogP contribution in [0.3, 0.4) is 0 Å². The number of hydrogen-bond acceptors (Lipinski definition) is 9. The molecule has 16 heteroatoms. The lowest BCUT2D eigenvalue weighted by Crippen LogP contribution is -2.40. The van der Waals surface area contributed by atoms with Crippen molar-refractivity contribution in [2.24, 2.45) is 10.8 Å². The van der Waals surface area contributed by atoms with Gasteiger partial charge in [-0.15, -0.1) is 0 Å². The van der Waals surface area contributed by atoms with Crippen LogP contribution in [0.25, 0.3) is 0 Å². The Morgan fingerprint density at radius 1 is 0.652 bits per heavy atom. The van der Waals surface area contributed by atoms with Crippen LogP contribution in [0.1, 0.15) is 104 Å². The molecule has 2 aliphatic heterocycles. The number of rotatable bonds is 13. The van der Waals surface area contributed by atoms with Crippen molar-refractivity contribution in [2.75, 3.05) is 59.2 Å². The van der Waals surface area contributed by atoms with Gasteiger partial charge in [-0.3, -0.25) is 9.59 Å². The van der Waals surface area contributed by atoms with Crippen molar-refractivity contribution < 1.29 is 45.7 Å². The number of aliphatic carboxylic acids is 1. The SMILES string of the molecule is CCOC(=O)Cn1c(C)c(Cc2ccccc2S(=O)(=O)N2CCOCC2)c2c1CC(C)(C)CC2.Cc1c(Cc2ccccc2S(=O)(=O)N2CCOCC2)c2c(n1CC(=O)O)CC(C)(C)CC2. The molecular weight excluding hydrogens is 881 g/mol. The van der Waals surface area contributed by atoms with E-state index in [1.807, 2.05) is 49.6 Å². The van der Waals surface area contributed by atoms with Crippen molar-refractivity contribution in [3.8, 4) is 0 Å². The van der Waals surface area contributed by atoms with Gasteiger partial charge in [0.05, 0.1) is 42.8 Å². The number of carbonyl (C=O) groups is 2. The third-order valence-corrected chi connectivity index (χ3v) is 17.9. The maximum absolute atomic E-state index is 13.5. The first kappa shape index (κ1) is 49.6. The summed E-state index contributed by atoms with van der Waals surface area (Å²) in [7, 11) is -7.24. The molecule has 0 radical (unpaired) electrons. The third kappa shape index (κ3) is 10.7. The second-order valence-corrected chi connectivity index (χ2v) is 23.4. The molecule has 0 saturated carbocycles. The number of carbonyl (C=O) groups excluding carboxylic acids is 1. The summed E-state index contributed by atoms with van der Waals surface area (Å²) < 4.78 is 76.7. The van der Waals surface area contributed by atoms with Crippen LogP contribution in [-0.2, 0) is 95.5 Å². The zero-order chi connectivity index (χ0) is 47.6. The lowest BCUT2D eigenvalue weighted by molar-refractivity contribution is -0.144. The molecule has 14 nitrogen and oxygen atoms in total. The Labute approximate surface area is 391 Å². The predicted molar refractivity (Wildman–Crippen MR) is 252 cm³/mol. The van der Waals surface area contributed by atoms with Crippen LogP contribution in [0.15, 0.2) is 58.3 Å². The van der Waals surface area contributed by atoms with Gasteiger partial charge in [0, 0.05) is 61.8 Å². The Kier molecular flexibility index (Phi) is 15.1. The highest BCUT2D eigenvalue weighted by Crippen LogP contribution is 2.42. The summed E-state index contributed by atoms with van der Waals surface area (Å²) in [6.45, 7) is 18.3. The van der Waals surface area contributed by atoms with Crippen LogP contribution in [0.2, 0.25) is 0 Å². The molecule has 0 unspecified atom stereocenters. The molecule has 8 rings (SSSR count). The number of sulfonamides is 2. The van der Waals surface area contributed by atoms with Gasteiger partial charge in [0.2, 0.25) is 20.0 Å². The second kappa shape index (κ2) is 20.1. The number of aromatic nitrogens is 2. The van der Waals surface area contributed by atoms with Gasteiger partial charge in [-0.25, -0.2) is 16.8 Å². The normalized spacial score (nSPS) is 18.7. The molecule has 0 amide bonds. The highest BCUT2D eigenvalue weighted by Gasteiger charge is 2.36. The number of fused-ring (bicyclic) bond motifs is 2. The highest BCUT2D eigenvalue weighted by molar-refractivity contribution is 7.89. The summed E-state index contributed by atoms with van der Waals surface area (Å²) in [6, 6.07) is 14.5. The Morgan fingerprint density at radius 2 is 1.05 bits per heavy atom. The van der Waals surface area contributed by atoms with E-state index >= 15 is 0 Å². The number of carboxylic acid groups (broad SMARTS) is 1. The Bertz CT molecular complexity index is 2650. The van der Waals surface area contributed by atoms with Crippen molar-refractivity contribution in [1.29, 1.82) is 0 Å². The zero-order valence-electron chi connectivity index (χ0n) is 39.8. The fourth-order valence-corrected chi connectivity index (χ4v) is 13.5. The number of ether oxygens (including phenoxy) is 3. The van der Waals surface area contributed by atoms with Crippen molar-refractivity contribution in [1.82, 2.24) is 17.7 Å². The molecule has 4 aliphatic rings. The summed E-state index contributed by atoms with van der Waals surface area (Å²) in [5, 5.41) is 9.50. The number of esters is 1. The first-order valence-electron chi connectivity index (χ1n) is 23.3. The summed E-state index contributed by atoms with van der Waals surface area (Å²) in [5.74, 6) is -1.11. The lowest BCUT2D eigenvalue weighted by atomic mass is 9.76. The molecule has 1 N–H and O–H groups in total. The quantitative estimate of drug-likeness (QED) is 0.146. The van der Waals surface area contributed by atoms with Gasteiger partial charge in [-0.1, -0.05) is 64.1 Å². The average molecular weight is 949 g/mol. The van der Waals surface area contributed by atoms with Crippen LogP contribution in [-0.4, -0.2) is 111 Å². The minimum Gasteiger partial charge on any atom is -0.480 e. The van der Waals surface area contributed by atoms with Crippen molar-refractivity contribution >= 4 is 32.0 Å². The molecule has 2 saturated heterocycles. The van der Waals surface area contributed by atoms with Crippen LogP contribution in [0.5, 0.6) is 0 Å². The van der Waals surface area contributed by atoms with Gasteiger partial charge in [0.15, 0.2) is 0 Å². The molecular formula is C50H68N4O10S2. The van der Waals surface area contributed by atoms with E-state index in [4.69, 9.17) is 14.2 Å². The Balaban J connectivity index is 0.000000197. The van der Waals surface area contributed by atoms with Gasteiger partial charge < -0.3 is 28.5 Å². The van der Waals surface area contributed by atoms with E-state index in [-0.39, 0.29) is 29.9 Å². The van der Waals surface area contributed by atoms with E-state index in [1.165, 1.54) is 25.4 Å². The van der Waals surface area contributed by atoms with Gasteiger partial charge in [-0.05, 0) is 116 Å². The minimum absolute atomic E-state index is 0.0715. The molecule has 4 aromatic rings. The molecule has 0 atom stereocenters. The van der Waals surface area contributed by atoms with Crippen molar-refractivity contribution in [3.63, 3.8) is 0 Å². The summed E-state index contributed by atoms with van der Waals surface area (Å²) in [4.78, 5) is 24.7. The second-order valence-electron chi connectivity index (χ2n) is 19.6. The third-order valence-electron chi connectivity index (χ3n) is 13.9. The highest BCUT2D eigenvalue weighted by atomic mass is 32.2. The summed E-state index contributed by atoms with van der Waals surface area (Å²) >= 11 is 0. The van der Waals surface area contributed by atoms with E-state index < -0.39 is 26.0 Å². The van der Waals surface area contributed by atoms with E-state index in [0.29, 0.717) is 81.8 Å². The number of carboxylic acids is 1. The van der Waals surface area contributed by atoms with Crippen LogP contribution < -0.4 is 0 Å². The Morgan fingerprint density at radius 3 is 1.44 bits per heavy atom. The predicted octanol–water partition coefficient (Wildman–Crippen LogP) is 6.49. The number of hydrogen-bond donors (Lipinski definition) is 1. The van der Waals surface area contributed by atoms with E-state index in [9.17, 15) is 31.5 Å². The Hall–Kier alpha value is -4.32. The first-order valence-corrected chi connectivity index (χ1v) is 26.2. The standard InChI is InChI=1S/C26H36N2O5S.C24H32N2O5S/c1-5-33-25(29)18-28-19(2)22(21-10-11-26(3,4)17-23(21)28)16-20-8-6-7-9-24(20)34(30,31)27-12-14-32-15-13-27;1-17-20(19-8-9-24(2,3)15-21(19)26(17)16-23(27)28)14-18-6-4-5-7-22(18)32(29,30)25-10-12-31-13-11-25/h6-9H,5,10-18H2,1-4H3;4-7H,8-16H2,1-3H3,(H,27,28). The molecule has 0 spiro atoms. The van der Waals surface area contributed by atoms with E-state index in [0.717, 1.165) is 77.9 Å². The smallest absolute Gasteiger partial charge is 0.325 e. The fraction of sp³-hybridized carbons (Fsp3) is 0.560. The number of nitrogens with zero attached hydrogens (tertiary/aromatic N) is 4. The molecule has 2 aromatic heterocycles. The van der Waals surface area contributed by atoms with Crippen molar-refractivity contribution in [2.45, 2.75) is 123 Å². The van der Waals surface area contributed by atoms with Crippen LogP contribution >= 0.6 is 0 Å². The molecule has 66 heavy (non-hydrogen) atoms. The molecule has 2 fully saturated rings. The molecule has 2 aliphatic carbocycles. The van der Waals surface area contributed by atoms with Crippen molar-refractivity contribution in [3.05, 3.63) is 105 Å². The molecule has 4 heterocycles. The largest absolute Gasteiger partial charge is 0.480 e. The molecule has 2 aromatic carbocycles. The average Bonchev–Trinajstić information content (AvgIpc) is 3.66. The van der Waals surface area contributed by atoms with Gasteiger partial charge in [-0.2, -0.15) is 8.61 Å². The first-order chi connectivity index (χ1) is 31.2. The van der Waals surface area contributed by atoms with Gasteiger partial charge in [0.25, 0.3) is 0 Å². The van der Waals surface area contributed by atoms with E-state index in [1.54, 1.807) is 24.3 Å². The topological polar surface area (TPSA) is 167 Å². The summed E-state index contributed by atoms with van der Waals surface area (Å²) in [6.07, 6.45) is 6.59. The number of morpholine rings is 2. The van der Waals surface area contributed by atoms with Crippen LogP contribution in [0.4, 0.5) is 0 Å². The number of benzene rings is 2. The van der Waals surface area contributed by atoms with Crippen LogP contribution in [0, 0.1) is 24.7 Å². The molecule has 0 bridgehead atoms. The van der Waals surface area contributed by atoms with Gasteiger partial charge >= 0.3 is 11.9 Å². The van der Waals surface area contributed by atoms with Gasteiger partial charge in [0.1, 0.15) is 13.1 Å². The zero-order valence-corrected chi connectivity index (χ0v) is 41.4. The minimum atomic E-state index is -3.63. The van der Waals surface area contributed by atoms with E-state index in [2.05, 4.69) is 32.3 Å². The molecule has 360 valence electrons. The lowest BCUT2D eigenvalue weighted by Gasteiger charge is -2.31. The summed E-state index contributed by atoms with van der Waals surface area (Å²) in [5.41, 5.74) is 10.7.